The molecule has 22 heavy (non-hydrogen) atoms. The lowest BCUT2D eigenvalue weighted by Gasteiger charge is -2.11. The van der Waals surface area contributed by atoms with Crippen LogP contribution in [0.1, 0.15) is 23.7 Å². The van der Waals surface area contributed by atoms with Gasteiger partial charge in [-0.25, -0.2) is 0 Å². The largest absolute Gasteiger partial charge is 0.481 e. The zero-order valence-electron chi connectivity index (χ0n) is 12.6. The van der Waals surface area contributed by atoms with Gasteiger partial charge in [0.1, 0.15) is 0 Å². The number of amides is 2. The molecule has 0 aliphatic rings. The number of benzene rings is 1. The fourth-order valence-corrected chi connectivity index (χ4v) is 1.68. The third-order valence-corrected chi connectivity index (χ3v) is 2.90. The van der Waals surface area contributed by atoms with Gasteiger partial charge in [0, 0.05) is 24.9 Å². The lowest BCUT2D eigenvalue weighted by atomic mass is 10.1. The molecule has 0 saturated heterocycles. The average Bonchev–Trinajstić information content (AvgIpc) is 2.47. The summed E-state index contributed by atoms with van der Waals surface area (Å²) >= 11 is 0. The van der Waals surface area contributed by atoms with Crippen molar-refractivity contribution in [2.75, 3.05) is 25.6 Å². The highest BCUT2D eigenvalue weighted by atomic mass is 16.5. The fourth-order valence-electron chi connectivity index (χ4n) is 1.68. The van der Waals surface area contributed by atoms with Crippen molar-refractivity contribution in [2.45, 2.75) is 13.3 Å². The van der Waals surface area contributed by atoms with Gasteiger partial charge >= 0.3 is 5.97 Å². The summed E-state index contributed by atoms with van der Waals surface area (Å²) in [5, 5.41) is 13.7. The zero-order valence-corrected chi connectivity index (χ0v) is 12.6. The summed E-state index contributed by atoms with van der Waals surface area (Å²) in [7, 11) is 1.53. The van der Waals surface area contributed by atoms with Crippen molar-refractivity contribution in [3.63, 3.8) is 0 Å². The molecule has 0 spiro atoms. The molecule has 0 saturated carbocycles. The highest BCUT2D eigenvalue weighted by Crippen LogP contribution is 2.11. The number of carboxylic acid groups (broad SMARTS) is 1. The summed E-state index contributed by atoms with van der Waals surface area (Å²) < 4.78 is 4.91. The second-order valence-corrected chi connectivity index (χ2v) is 4.82. The Labute approximate surface area is 128 Å². The number of anilines is 1. The van der Waals surface area contributed by atoms with Gasteiger partial charge in [-0.3, -0.25) is 14.4 Å². The van der Waals surface area contributed by atoms with Crippen LogP contribution in [0.25, 0.3) is 0 Å². The van der Waals surface area contributed by atoms with Gasteiger partial charge in [0.2, 0.25) is 5.91 Å². The Hall–Kier alpha value is -2.41. The maximum absolute atomic E-state index is 11.8. The Balaban J connectivity index is 2.53. The molecule has 0 bridgehead atoms. The summed E-state index contributed by atoms with van der Waals surface area (Å²) in [6.45, 7) is 2.15. The van der Waals surface area contributed by atoms with Crippen LogP contribution in [0.3, 0.4) is 0 Å². The van der Waals surface area contributed by atoms with E-state index in [0.29, 0.717) is 17.9 Å². The second-order valence-electron chi connectivity index (χ2n) is 4.82. The summed E-state index contributed by atoms with van der Waals surface area (Å²) in [6.07, 6.45) is -0.128. The SMILES string of the molecule is COCC(C)C(=O)Nc1ccc(C(=O)NCCC(=O)O)cc1. The topological polar surface area (TPSA) is 105 Å². The summed E-state index contributed by atoms with van der Waals surface area (Å²) in [5.41, 5.74) is 0.975. The number of carbonyl (C=O) groups excluding carboxylic acids is 2. The van der Waals surface area contributed by atoms with Gasteiger partial charge in [-0.15, -0.1) is 0 Å². The maximum Gasteiger partial charge on any atom is 0.305 e. The van der Waals surface area contributed by atoms with Gasteiger partial charge in [-0.1, -0.05) is 6.92 Å². The molecule has 7 nitrogen and oxygen atoms in total. The van der Waals surface area contributed by atoms with Crippen molar-refractivity contribution in [2.24, 2.45) is 5.92 Å². The first kappa shape index (κ1) is 17.6. The van der Waals surface area contributed by atoms with E-state index in [1.54, 1.807) is 31.2 Å². The van der Waals surface area contributed by atoms with Crippen molar-refractivity contribution in [1.82, 2.24) is 5.32 Å². The van der Waals surface area contributed by atoms with Crippen molar-refractivity contribution >= 4 is 23.5 Å². The molecule has 2 amide bonds. The minimum Gasteiger partial charge on any atom is -0.481 e. The number of rotatable bonds is 8. The smallest absolute Gasteiger partial charge is 0.305 e. The Kier molecular flexibility index (Phi) is 7.04. The lowest BCUT2D eigenvalue weighted by Crippen LogP contribution is -2.26. The van der Waals surface area contributed by atoms with Crippen LogP contribution in [0, 0.1) is 5.92 Å². The fraction of sp³-hybridized carbons (Fsp3) is 0.400. The van der Waals surface area contributed by atoms with Crippen molar-refractivity contribution in [3.8, 4) is 0 Å². The molecule has 0 fully saturated rings. The Bertz CT molecular complexity index is 527. The van der Waals surface area contributed by atoms with E-state index in [2.05, 4.69) is 10.6 Å². The molecule has 1 unspecified atom stereocenters. The normalized spacial score (nSPS) is 11.5. The van der Waals surface area contributed by atoms with Crippen LogP contribution in [0.4, 0.5) is 5.69 Å². The van der Waals surface area contributed by atoms with Crippen LogP contribution in [0.2, 0.25) is 0 Å². The first-order chi connectivity index (χ1) is 10.4. The van der Waals surface area contributed by atoms with Gasteiger partial charge in [0.25, 0.3) is 5.91 Å². The number of aliphatic carboxylic acids is 1. The van der Waals surface area contributed by atoms with E-state index in [0.717, 1.165) is 0 Å². The van der Waals surface area contributed by atoms with Gasteiger partial charge in [0.05, 0.1) is 18.9 Å². The van der Waals surface area contributed by atoms with Crippen LogP contribution in [-0.2, 0) is 14.3 Å². The van der Waals surface area contributed by atoms with Crippen LogP contribution < -0.4 is 10.6 Å². The minimum absolute atomic E-state index is 0.0706. The highest BCUT2D eigenvalue weighted by molar-refractivity contribution is 5.96. The van der Waals surface area contributed by atoms with Gasteiger partial charge in [-0.05, 0) is 24.3 Å². The maximum atomic E-state index is 11.8. The molecule has 1 aromatic rings. The molecule has 1 aromatic carbocycles. The third-order valence-electron chi connectivity index (χ3n) is 2.90. The molecule has 0 radical (unpaired) electrons. The quantitative estimate of drug-likeness (QED) is 0.667. The van der Waals surface area contributed by atoms with Crippen molar-refractivity contribution in [1.29, 1.82) is 0 Å². The predicted octanol–water partition coefficient (Wildman–Crippen LogP) is 1.11. The summed E-state index contributed by atoms with van der Waals surface area (Å²) in [5.74, 6) is -1.76. The van der Waals surface area contributed by atoms with Gasteiger partial charge in [-0.2, -0.15) is 0 Å². The lowest BCUT2D eigenvalue weighted by molar-refractivity contribution is -0.136. The summed E-state index contributed by atoms with van der Waals surface area (Å²) in [4.78, 5) is 33.9. The van der Waals surface area contributed by atoms with Gasteiger partial charge < -0.3 is 20.5 Å². The van der Waals surface area contributed by atoms with Crippen LogP contribution in [0.15, 0.2) is 24.3 Å². The molecular formula is C15H20N2O5. The van der Waals surface area contributed by atoms with E-state index in [1.807, 2.05) is 0 Å². The number of carbonyl (C=O) groups is 3. The first-order valence-corrected chi connectivity index (χ1v) is 6.84. The van der Waals surface area contributed by atoms with E-state index in [-0.39, 0.29) is 30.7 Å². The standard InChI is InChI=1S/C15H20N2O5/c1-10(9-22-2)14(20)17-12-5-3-11(4-6-12)15(21)16-8-7-13(18)19/h3-6,10H,7-9H2,1-2H3,(H,16,21)(H,17,20)(H,18,19). The Morgan fingerprint density at radius 3 is 2.41 bits per heavy atom. The monoisotopic (exact) mass is 308 g/mol. The predicted molar refractivity (Wildman–Crippen MR) is 80.7 cm³/mol. The molecular weight excluding hydrogens is 288 g/mol. The Morgan fingerprint density at radius 1 is 1.23 bits per heavy atom. The number of hydrogen-bond acceptors (Lipinski definition) is 4. The van der Waals surface area contributed by atoms with Gasteiger partial charge in [0.15, 0.2) is 0 Å². The van der Waals surface area contributed by atoms with E-state index < -0.39 is 5.97 Å². The molecule has 0 aliphatic heterocycles. The minimum atomic E-state index is -0.969. The number of methoxy groups -OCH3 is 1. The number of nitrogens with one attached hydrogen (secondary N) is 2. The third kappa shape index (κ3) is 5.92. The molecule has 1 atom stereocenters. The molecule has 120 valence electrons. The Morgan fingerprint density at radius 2 is 1.86 bits per heavy atom. The second kappa shape index (κ2) is 8.78. The van der Waals surface area contributed by atoms with Crippen LogP contribution in [-0.4, -0.2) is 43.2 Å². The molecule has 7 heteroatoms. The van der Waals surface area contributed by atoms with E-state index in [1.165, 1.54) is 7.11 Å². The molecule has 0 heterocycles. The van der Waals surface area contributed by atoms with E-state index in [4.69, 9.17) is 9.84 Å². The molecule has 3 N–H and O–H groups in total. The number of ether oxygens (including phenoxy) is 1. The zero-order chi connectivity index (χ0) is 16.5. The first-order valence-electron chi connectivity index (χ1n) is 6.84. The van der Waals surface area contributed by atoms with Crippen LogP contribution >= 0.6 is 0 Å². The molecule has 0 aromatic heterocycles. The number of carboxylic acids is 1. The van der Waals surface area contributed by atoms with Crippen molar-refractivity contribution < 1.29 is 24.2 Å². The summed E-state index contributed by atoms with van der Waals surface area (Å²) in [6, 6.07) is 6.35. The molecule has 1 rings (SSSR count). The number of hydrogen-bond donors (Lipinski definition) is 3. The van der Waals surface area contributed by atoms with E-state index in [9.17, 15) is 14.4 Å². The average molecular weight is 308 g/mol. The molecule has 0 aliphatic carbocycles. The van der Waals surface area contributed by atoms with Crippen LogP contribution in [0.5, 0.6) is 0 Å². The highest BCUT2D eigenvalue weighted by Gasteiger charge is 2.13. The van der Waals surface area contributed by atoms with E-state index >= 15 is 0 Å². The van der Waals surface area contributed by atoms with Crippen molar-refractivity contribution in [3.05, 3.63) is 29.8 Å².